The number of benzene rings is 4. The molecule has 7 aromatic heterocycles. The number of aliphatic hydroxyl groups excluding tert-OH is 4. The van der Waals surface area contributed by atoms with E-state index in [1.54, 1.807) is 0 Å². The van der Waals surface area contributed by atoms with Gasteiger partial charge in [0.2, 0.25) is 24.8 Å². The predicted octanol–water partition coefficient (Wildman–Crippen LogP) is 7.16. The Labute approximate surface area is 455 Å². The summed E-state index contributed by atoms with van der Waals surface area (Å²) in [5.41, 5.74) is 3.92. The molecule has 394 valence electrons. The van der Waals surface area contributed by atoms with Crippen LogP contribution in [0.4, 0.5) is 0 Å². The molecule has 0 amide bonds. The Morgan fingerprint density at radius 3 is 1.02 bits per heavy atom. The van der Waals surface area contributed by atoms with E-state index in [0.717, 1.165) is 0 Å². The number of aromatic amines is 2. The molecule has 0 atom stereocenters. The van der Waals surface area contributed by atoms with Crippen molar-refractivity contribution in [2.75, 3.05) is 26.4 Å². The van der Waals surface area contributed by atoms with Gasteiger partial charge in [0.05, 0.1) is 21.9 Å². The number of pyridine rings is 4. The van der Waals surface area contributed by atoms with Crippen LogP contribution in [0.5, 0.6) is 46.0 Å². The van der Waals surface area contributed by atoms with E-state index >= 15 is 0 Å². The van der Waals surface area contributed by atoms with Gasteiger partial charge in [-0.3, -0.25) is 0 Å². The summed E-state index contributed by atoms with van der Waals surface area (Å²) in [6.45, 7) is 1.29. The van der Waals surface area contributed by atoms with E-state index in [1.165, 1.54) is 0 Å². The molecule has 13 rings (SSSR count). The van der Waals surface area contributed by atoms with Gasteiger partial charge in [0.15, 0.2) is 97.3 Å². The first-order valence-corrected chi connectivity index (χ1v) is 25.9. The highest BCUT2D eigenvalue weighted by Crippen LogP contribution is 2.46. The van der Waals surface area contributed by atoms with Crippen molar-refractivity contribution in [2.45, 2.75) is 26.2 Å². The Bertz CT molecular complexity index is 4100. The van der Waals surface area contributed by atoms with Crippen LogP contribution < -0.4 is 37.2 Å². The second kappa shape index (κ2) is 21.4. The van der Waals surface area contributed by atoms with Gasteiger partial charge in [-0.2, -0.15) is 18.3 Å². The Morgan fingerprint density at radius 1 is 0.338 bits per heavy atom. The molecule has 0 radical (unpaired) electrons. The molecule has 0 saturated heterocycles. The molecule has 6 N–H and O–H groups in total. The monoisotopic (exact) mass is 1070 g/mol. The maximum Gasteiger partial charge on any atom is 0.211 e. The zero-order valence-electron chi connectivity index (χ0n) is 42.7. The Hall–Kier alpha value is -10.1. The van der Waals surface area contributed by atoms with Crippen molar-refractivity contribution in [1.29, 1.82) is 0 Å². The maximum atomic E-state index is 9.78. The summed E-state index contributed by atoms with van der Waals surface area (Å²) < 4.78 is 34.2. The molecule has 0 saturated carbocycles. The van der Waals surface area contributed by atoms with E-state index in [0.29, 0.717) is 150 Å². The molecule has 2 aliphatic heterocycles. The molecule has 20 heteroatoms. The van der Waals surface area contributed by atoms with Gasteiger partial charge >= 0.3 is 0 Å². The van der Waals surface area contributed by atoms with Crippen LogP contribution in [0.25, 0.3) is 89.7 Å². The first kappa shape index (κ1) is 49.5. The highest BCUT2D eigenvalue weighted by atomic mass is 16.5. The van der Waals surface area contributed by atoms with E-state index in [9.17, 15) is 20.4 Å². The van der Waals surface area contributed by atoms with Gasteiger partial charge in [-0.15, -0.1) is 0 Å². The smallest absolute Gasteiger partial charge is 0.211 e. The van der Waals surface area contributed by atoms with Crippen molar-refractivity contribution in [2.24, 2.45) is 0 Å². The number of hydrogen-bond acceptors (Lipinski definition) is 14. The Morgan fingerprint density at radius 2 is 0.662 bits per heavy atom. The van der Waals surface area contributed by atoms with E-state index < -0.39 is 0 Å². The predicted molar refractivity (Wildman–Crippen MR) is 291 cm³/mol. The van der Waals surface area contributed by atoms with Gasteiger partial charge < -0.3 is 49.3 Å². The second-order valence-electron chi connectivity index (χ2n) is 18.7. The second-order valence-corrected chi connectivity index (χ2v) is 18.7. The summed E-state index contributed by atoms with van der Waals surface area (Å²) in [4.78, 5) is 38.9. The standard InChI is InChI=1S/C60H50N12O8/c73-29-25-69-21-5-9-37(33-69)77-45-17-1-13-41-49(45)57-61-53(41)65-58-50-42(14-2-18-46(50)78-38-10-6-22-70(34-38)26-30-74)55(62-58)67-60-52-44(16-4-20-48(52)80-40-12-8-24-72(36-40)28-32-76)56(64-60)68-59-51-43(54(63-59)66-57)15-3-19-47(51)79-39-11-7-23-71(35-39)27-31-75/h1-24,33-36,73-76H,25-32H2,(H2,61,62,63,64,65,66,67,68)/q+4. The molecular formula is C60H50N12O8+4. The van der Waals surface area contributed by atoms with Crippen LogP contribution in [-0.4, -0.2) is 86.7 Å². The Kier molecular flexibility index (Phi) is 13.2. The molecule has 0 fully saturated rings. The molecule has 2 aliphatic rings. The summed E-state index contributed by atoms with van der Waals surface area (Å²) in [5.74, 6) is 5.11. The fraction of sp³-hybridized carbons (Fsp3) is 0.133. The molecule has 0 unspecified atom stereocenters. The normalized spacial score (nSPS) is 11.7. The van der Waals surface area contributed by atoms with Crippen LogP contribution in [0.3, 0.4) is 0 Å². The third kappa shape index (κ3) is 9.60. The van der Waals surface area contributed by atoms with Crippen LogP contribution in [0.2, 0.25) is 0 Å². The highest BCUT2D eigenvalue weighted by molar-refractivity contribution is 6.10. The van der Waals surface area contributed by atoms with E-state index in [-0.39, 0.29) is 38.1 Å². The van der Waals surface area contributed by atoms with Crippen molar-refractivity contribution in [3.05, 3.63) is 171 Å². The van der Waals surface area contributed by atoms with Crippen LogP contribution >= 0.6 is 0 Å². The third-order valence-electron chi connectivity index (χ3n) is 13.5. The van der Waals surface area contributed by atoms with Crippen LogP contribution in [0.15, 0.2) is 171 Å². The molecule has 0 spiro atoms. The molecule has 0 aliphatic carbocycles. The minimum Gasteiger partial charge on any atom is -0.450 e. The average Bonchev–Trinajstić information content (AvgIpc) is 4.38. The summed E-state index contributed by atoms with van der Waals surface area (Å²) in [6.07, 6.45) is 14.7. The fourth-order valence-corrected chi connectivity index (χ4v) is 9.96. The molecule has 20 nitrogen and oxygen atoms in total. The van der Waals surface area contributed by atoms with Crippen LogP contribution in [-0.2, 0) is 26.2 Å². The minimum atomic E-state index is -0.0511. The molecule has 8 bridgehead atoms. The number of rotatable bonds is 16. The molecule has 80 heavy (non-hydrogen) atoms. The Balaban J connectivity index is 1.11. The summed E-state index contributed by atoms with van der Waals surface area (Å²) in [7, 11) is 0. The number of ether oxygens (including phenoxy) is 4. The minimum absolute atomic E-state index is 0.0506. The summed E-state index contributed by atoms with van der Waals surface area (Å²) in [5, 5.41) is 41.6. The summed E-state index contributed by atoms with van der Waals surface area (Å²) in [6, 6.07) is 37.4. The number of H-pyrrole nitrogens is 2. The number of nitrogens with one attached hydrogen (secondary N) is 2. The van der Waals surface area contributed by atoms with Crippen LogP contribution in [0, 0.1) is 0 Å². The van der Waals surface area contributed by atoms with E-state index in [1.807, 2.05) is 189 Å². The van der Waals surface area contributed by atoms with Gasteiger partial charge in [0.1, 0.15) is 72.0 Å². The lowest BCUT2D eigenvalue weighted by Crippen LogP contribution is -2.34. The van der Waals surface area contributed by atoms with Crippen LogP contribution in [0.1, 0.15) is 0 Å². The van der Waals surface area contributed by atoms with Gasteiger partial charge in [-0.1, -0.05) is 48.5 Å². The van der Waals surface area contributed by atoms with Gasteiger partial charge in [0, 0.05) is 46.2 Å². The first-order valence-electron chi connectivity index (χ1n) is 25.9. The first-order chi connectivity index (χ1) is 39.4. The van der Waals surface area contributed by atoms with Gasteiger partial charge in [0.25, 0.3) is 0 Å². The fourth-order valence-electron chi connectivity index (χ4n) is 9.96. The SMILES string of the molecule is OCC[n+]1cccc(Oc2cccc3c2-c2nc-3nc3[nH]c(nc4nc(nc5[nH]c(n2)c2cccc(Oc6ccc[n+](CCO)c6)c52)-c2cccc(Oc5ccc[n+](CCO)c5)c2-4)c2cccc(Oc4ccc[n+](CCO)c4)c32)c1. The van der Waals surface area contributed by atoms with Crippen molar-refractivity contribution >= 4 is 44.1 Å². The molecule has 4 aromatic carbocycles. The van der Waals surface area contributed by atoms with Gasteiger partial charge in [-0.05, 0) is 48.5 Å². The zero-order chi connectivity index (χ0) is 54.1. The molecule has 11 aromatic rings. The molecule has 9 heterocycles. The van der Waals surface area contributed by atoms with Crippen molar-refractivity contribution in [1.82, 2.24) is 39.9 Å². The highest BCUT2D eigenvalue weighted by Gasteiger charge is 2.29. The number of aliphatic hydroxyl groups is 4. The molecular weight excluding hydrogens is 1020 g/mol. The topological polar surface area (TPSA) is 242 Å². The van der Waals surface area contributed by atoms with Crippen molar-refractivity contribution in [3.63, 3.8) is 0 Å². The average molecular weight is 1070 g/mol. The van der Waals surface area contributed by atoms with Crippen molar-refractivity contribution < 1.29 is 57.6 Å². The van der Waals surface area contributed by atoms with E-state index in [4.69, 9.17) is 48.9 Å². The number of nitrogens with zero attached hydrogens (tertiary/aromatic N) is 10. The lowest BCUT2D eigenvalue weighted by molar-refractivity contribution is -0.698. The van der Waals surface area contributed by atoms with E-state index in [2.05, 4.69) is 9.97 Å². The number of aromatic nitrogens is 12. The van der Waals surface area contributed by atoms with Crippen molar-refractivity contribution in [3.8, 4) is 91.5 Å². The quantitative estimate of drug-likeness (QED) is 0.0527. The maximum absolute atomic E-state index is 9.78. The van der Waals surface area contributed by atoms with Gasteiger partial charge in [-0.25, -0.2) is 29.9 Å². The summed E-state index contributed by atoms with van der Waals surface area (Å²) >= 11 is 0. The lowest BCUT2D eigenvalue weighted by Gasteiger charge is -2.09. The zero-order valence-corrected chi connectivity index (χ0v) is 42.7. The lowest BCUT2D eigenvalue weighted by atomic mass is 10.1. The number of hydrogen-bond donors (Lipinski definition) is 6. The third-order valence-corrected chi connectivity index (χ3v) is 13.5. The number of fused-ring (bicyclic) bond motifs is 20. The largest absolute Gasteiger partial charge is 0.450 e.